The van der Waals surface area contributed by atoms with Gasteiger partial charge in [0.2, 0.25) is 0 Å². The summed E-state index contributed by atoms with van der Waals surface area (Å²) in [5.41, 5.74) is 2.02. The van der Waals surface area contributed by atoms with Crippen molar-refractivity contribution in [3.63, 3.8) is 0 Å². The summed E-state index contributed by atoms with van der Waals surface area (Å²) in [5.74, 6) is 2.48. The highest BCUT2D eigenvalue weighted by atomic mass is 35.5. The Morgan fingerprint density at radius 3 is 2.59 bits per heavy atom. The van der Waals surface area contributed by atoms with Crippen molar-refractivity contribution >= 4 is 28.3 Å². The number of ether oxygens (including phenoxy) is 1. The summed E-state index contributed by atoms with van der Waals surface area (Å²) in [4.78, 5) is 8.62. The van der Waals surface area contributed by atoms with Gasteiger partial charge in [0.15, 0.2) is 0 Å². The fourth-order valence-electron chi connectivity index (χ4n) is 2.89. The van der Waals surface area contributed by atoms with Gasteiger partial charge in [-0.3, -0.25) is 0 Å². The summed E-state index contributed by atoms with van der Waals surface area (Å²) >= 11 is 6.04. The molecular formula is C22H18ClN3O. The van der Waals surface area contributed by atoms with Crippen LogP contribution < -0.4 is 10.1 Å². The number of para-hydroxylation sites is 1. The van der Waals surface area contributed by atoms with Gasteiger partial charge < -0.3 is 10.1 Å². The van der Waals surface area contributed by atoms with Crippen LogP contribution in [0.2, 0.25) is 5.02 Å². The molecule has 0 bridgehead atoms. The summed E-state index contributed by atoms with van der Waals surface area (Å²) in [6, 6.07) is 23.5. The van der Waals surface area contributed by atoms with Gasteiger partial charge in [0.25, 0.3) is 0 Å². The summed E-state index contributed by atoms with van der Waals surface area (Å²) in [5, 5.41) is 5.02. The standard InChI is InChI=1S/C22H18ClN3O/c23-17-9-10-20-21(14-17)25-15-26-22(20)24-12-11-16-5-4-8-19(13-16)27-18-6-2-1-3-7-18/h1-10,13-15H,11-12H2,(H,24,25,26). The lowest BCUT2D eigenvalue weighted by molar-refractivity contribution is 0.482. The number of nitrogens with zero attached hydrogens (tertiary/aromatic N) is 2. The first kappa shape index (κ1) is 17.3. The Bertz CT molecular complexity index is 1050. The second-order valence-corrected chi connectivity index (χ2v) is 6.56. The lowest BCUT2D eigenvalue weighted by atomic mass is 10.1. The Labute approximate surface area is 162 Å². The molecule has 0 radical (unpaired) electrons. The van der Waals surface area contributed by atoms with Crippen molar-refractivity contribution in [1.29, 1.82) is 0 Å². The Kier molecular flexibility index (Phi) is 5.17. The lowest BCUT2D eigenvalue weighted by Crippen LogP contribution is -2.07. The van der Waals surface area contributed by atoms with Crippen molar-refractivity contribution < 1.29 is 4.74 Å². The van der Waals surface area contributed by atoms with Crippen molar-refractivity contribution in [2.24, 2.45) is 0 Å². The predicted octanol–water partition coefficient (Wildman–Crippen LogP) is 5.73. The molecule has 0 atom stereocenters. The molecule has 27 heavy (non-hydrogen) atoms. The van der Waals surface area contributed by atoms with Gasteiger partial charge in [0.05, 0.1) is 5.52 Å². The zero-order valence-electron chi connectivity index (χ0n) is 14.6. The first-order chi connectivity index (χ1) is 13.3. The molecule has 1 aromatic heterocycles. The smallest absolute Gasteiger partial charge is 0.137 e. The van der Waals surface area contributed by atoms with Crippen LogP contribution in [0, 0.1) is 0 Å². The molecule has 0 aliphatic carbocycles. The molecule has 3 aromatic carbocycles. The van der Waals surface area contributed by atoms with E-state index in [1.54, 1.807) is 6.33 Å². The SMILES string of the molecule is Clc1ccc2c(NCCc3cccc(Oc4ccccc4)c3)ncnc2c1. The normalized spacial score (nSPS) is 10.7. The van der Waals surface area contributed by atoms with E-state index in [1.807, 2.05) is 60.7 Å². The average molecular weight is 376 g/mol. The van der Waals surface area contributed by atoms with Gasteiger partial charge in [-0.2, -0.15) is 0 Å². The third-order valence-corrected chi connectivity index (χ3v) is 4.42. The van der Waals surface area contributed by atoms with E-state index in [4.69, 9.17) is 16.3 Å². The number of nitrogens with one attached hydrogen (secondary N) is 1. The highest BCUT2D eigenvalue weighted by Gasteiger charge is 2.04. The maximum absolute atomic E-state index is 6.04. The van der Waals surface area contributed by atoms with Crippen LogP contribution in [0.1, 0.15) is 5.56 Å². The molecule has 0 saturated heterocycles. The molecule has 0 unspecified atom stereocenters. The Hall–Kier alpha value is -3.11. The zero-order chi connectivity index (χ0) is 18.5. The molecule has 4 aromatic rings. The third-order valence-electron chi connectivity index (χ3n) is 4.18. The second kappa shape index (κ2) is 8.06. The quantitative estimate of drug-likeness (QED) is 0.467. The number of benzene rings is 3. The second-order valence-electron chi connectivity index (χ2n) is 6.12. The largest absolute Gasteiger partial charge is 0.457 e. The molecule has 134 valence electrons. The van der Waals surface area contributed by atoms with Crippen LogP contribution in [0.5, 0.6) is 11.5 Å². The summed E-state index contributed by atoms with van der Waals surface area (Å²) in [7, 11) is 0. The fraction of sp³-hybridized carbons (Fsp3) is 0.0909. The Morgan fingerprint density at radius 2 is 1.70 bits per heavy atom. The average Bonchev–Trinajstić information content (AvgIpc) is 2.69. The topological polar surface area (TPSA) is 47.0 Å². The highest BCUT2D eigenvalue weighted by molar-refractivity contribution is 6.31. The minimum atomic E-state index is 0.669. The number of anilines is 1. The van der Waals surface area contributed by atoms with Crippen LogP contribution in [-0.4, -0.2) is 16.5 Å². The molecule has 0 saturated carbocycles. The van der Waals surface area contributed by atoms with E-state index < -0.39 is 0 Å². The summed E-state index contributed by atoms with van der Waals surface area (Å²) in [6.07, 6.45) is 2.40. The van der Waals surface area contributed by atoms with Gasteiger partial charge in [0.1, 0.15) is 23.6 Å². The summed E-state index contributed by atoms with van der Waals surface area (Å²) < 4.78 is 5.90. The first-order valence-corrected chi connectivity index (χ1v) is 9.12. The molecule has 4 rings (SSSR count). The Balaban J connectivity index is 1.42. The molecule has 0 fully saturated rings. The maximum Gasteiger partial charge on any atom is 0.137 e. The lowest BCUT2D eigenvalue weighted by Gasteiger charge is -2.10. The van der Waals surface area contributed by atoms with Crippen LogP contribution in [-0.2, 0) is 6.42 Å². The molecule has 0 spiro atoms. The Morgan fingerprint density at radius 1 is 0.852 bits per heavy atom. The van der Waals surface area contributed by atoms with Crippen molar-refractivity contribution in [2.75, 3.05) is 11.9 Å². The number of hydrogen-bond acceptors (Lipinski definition) is 4. The third kappa shape index (κ3) is 4.36. The van der Waals surface area contributed by atoms with E-state index in [2.05, 4.69) is 27.4 Å². The maximum atomic E-state index is 6.04. The van der Waals surface area contributed by atoms with Crippen LogP contribution in [0.25, 0.3) is 10.9 Å². The highest BCUT2D eigenvalue weighted by Crippen LogP contribution is 2.24. The van der Waals surface area contributed by atoms with E-state index in [-0.39, 0.29) is 0 Å². The predicted molar refractivity (Wildman–Crippen MR) is 110 cm³/mol. The van der Waals surface area contributed by atoms with Crippen molar-refractivity contribution in [1.82, 2.24) is 9.97 Å². The number of halogens is 1. The van der Waals surface area contributed by atoms with Crippen molar-refractivity contribution in [3.05, 3.63) is 89.7 Å². The van der Waals surface area contributed by atoms with Crippen LogP contribution >= 0.6 is 11.6 Å². The van der Waals surface area contributed by atoms with Gasteiger partial charge in [-0.15, -0.1) is 0 Å². The monoisotopic (exact) mass is 375 g/mol. The number of hydrogen-bond donors (Lipinski definition) is 1. The van der Waals surface area contributed by atoms with Crippen LogP contribution in [0.4, 0.5) is 5.82 Å². The molecule has 1 heterocycles. The van der Waals surface area contributed by atoms with E-state index >= 15 is 0 Å². The zero-order valence-corrected chi connectivity index (χ0v) is 15.4. The number of aromatic nitrogens is 2. The van der Waals surface area contributed by atoms with E-state index in [0.717, 1.165) is 41.2 Å². The van der Waals surface area contributed by atoms with Gasteiger partial charge in [-0.05, 0) is 54.4 Å². The van der Waals surface area contributed by atoms with Crippen molar-refractivity contribution in [3.8, 4) is 11.5 Å². The van der Waals surface area contributed by atoms with E-state index in [0.29, 0.717) is 5.02 Å². The molecule has 4 nitrogen and oxygen atoms in total. The van der Waals surface area contributed by atoms with E-state index in [1.165, 1.54) is 5.56 Å². The molecule has 1 N–H and O–H groups in total. The number of fused-ring (bicyclic) bond motifs is 1. The van der Waals surface area contributed by atoms with Crippen LogP contribution in [0.3, 0.4) is 0 Å². The van der Waals surface area contributed by atoms with Crippen molar-refractivity contribution in [2.45, 2.75) is 6.42 Å². The molecule has 0 aliphatic rings. The first-order valence-electron chi connectivity index (χ1n) is 8.74. The molecular weight excluding hydrogens is 358 g/mol. The minimum absolute atomic E-state index is 0.669. The van der Waals surface area contributed by atoms with Gasteiger partial charge in [-0.1, -0.05) is 41.9 Å². The molecule has 0 aliphatic heterocycles. The summed E-state index contributed by atoms with van der Waals surface area (Å²) in [6.45, 7) is 0.754. The van der Waals surface area contributed by atoms with Gasteiger partial charge in [-0.25, -0.2) is 9.97 Å². The molecule has 5 heteroatoms. The fourth-order valence-corrected chi connectivity index (χ4v) is 3.05. The van der Waals surface area contributed by atoms with Gasteiger partial charge in [0, 0.05) is 17.0 Å². The van der Waals surface area contributed by atoms with E-state index in [9.17, 15) is 0 Å². The minimum Gasteiger partial charge on any atom is -0.457 e. The number of rotatable bonds is 6. The van der Waals surface area contributed by atoms with Crippen LogP contribution in [0.15, 0.2) is 79.1 Å². The molecule has 0 amide bonds. The van der Waals surface area contributed by atoms with Gasteiger partial charge >= 0.3 is 0 Å².